The van der Waals surface area contributed by atoms with Gasteiger partial charge in [0.25, 0.3) is 0 Å². The van der Waals surface area contributed by atoms with Gasteiger partial charge in [0.15, 0.2) is 0 Å². The summed E-state index contributed by atoms with van der Waals surface area (Å²) in [6.45, 7) is 0.521. The highest BCUT2D eigenvalue weighted by molar-refractivity contribution is 8.01. The van der Waals surface area contributed by atoms with Gasteiger partial charge in [0, 0.05) is 24.7 Å². The van der Waals surface area contributed by atoms with Crippen molar-refractivity contribution in [3.05, 3.63) is 72.6 Å². The number of fused-ring (bicyclic) bond motifs is 1. The molecular formula is C18H16N2O2S2. The Labute approximate surface area is 145 Å². The van der Waals surface area contributed by atoms with Crippen LogP contribution in [0.3, 0.4) is 0 Å². The number of pyridine rings is 1. The maximum atomic E-state index is 13.2. The van der Waals surface area contributed by atoms with Crippen LogP contribution in [-0.4, -0.2) is 30.0 Å². The van der Waals surface area contributed by atoms with Crippen LogP contribution in [0.4, 0.5) is 0 Å². The topological polar surface area (TPSA) is 50.3 Å². The molecule has 1 atom stereocenters. The average molecular weight is 356 g/mol. The molecule has 0 spiro atoms. The van der Waals surface area contributed by atoms with Crippen LogP contribution in [0.2, 0.25) is 0 Å². The molecule has 4 rings (SSSR count). The summed E-state index contributed by atoms with van der Waals surface area (Å²) in [7, 11) is -3.54. The molecule has 4 nitrogen and oxygen atoms in total. The second-order valence-electron chi connectivity index (χ2n) is 5.63. The van der Waals surface area contributed by atoms with Crippen LogP contribution in [0, 0.1) is 0 Å². The van der Waals surface area contributed by atoms with E-state index in [0.717, 1.165) is 22.1 Å². The van der Waals surface area contributed by atoms with Crippen molar-refractivity contribution in [2.24, 2.45) is 0 Å². The van der Waals surface area contributed by atoms with Crippen LogP contribution in [0.25, 0.3) is 10.8 Å². The Morgan fingerprint density at radius 3 is 2.54 bits per heavy atom. The molecule has 1 unspecified atom stereocenters. The van der Waals surface area contributed by atoms with Gasteiger partial charge in [-0.3, -0.25) is 4.98 Å². The maximum absolute atomic E-state index is 13.2. The zero-order valence-corrected chi connectivity index (χ0v) is 14.5. The van der Waals surface area contributed by atoms with Gasteiger partial charge in [0.1, 0.15) is 0 Å². The van der Waals surface area contributed by atoms with E-state index in [2.05, 4.69) is 4.98 Å². The molecule has 0 radical (unpaired) electrons. The molecule has 6 heteroatoms. The Morgan fingerprint density at radius 2 is 1.75 bits per heavy atom. The van der Waals surface area contributed by atoms with Crippen molar-refractivity contribution in [3.63, 3.8) is 0 Å². The first kappa shape index (κ1) is 15.6. The van der Waals surface area contributed by atoms with Crippen LogP contribution >= 0.6 is 11.8 Å². The van der Waals surface area contributed by atoms with E-state index in [9.17, 15) is 8.42 Å². The van der Waals surface area contributed by atoms with Crippen molar-refractivity contribution >= 4 is 32.6 Å². The Balaban J connectivity index is 1.75. The maximum Gasteiger partial charge on any atom is 0.244 e. The summed E-state index contributed by atoms with van der Waals surface area (Å²) in [6, 6.07) is 16.9. The van der Waals surface area contributed by atoms with Gasteiger partial charge in [-0.05, 0) is 40.6 Å². The summed E-state index contributed by atoms with van der Waals surface area (Å²) in [5, 5.41) is 1.79. The van der Waals surface area contributed by atoms with Gasteiger partial charge in [-0.1, -0.05) is 30.3 Å². The zero-order valence-electron chi connectivity index (χ0n) is 12.9. The molecule has 1 aliphatic rings. The number of rotatable bonds is 3. The molecule has 0 N–H and O–H groups in total. The number of aromatic nitrogens is 1. The standard InChI is InChI=1S/C18H16N2O2S2/c21-24(22,17-6-5-14-3-1-2-4-16(14)13-17)20-11-12-23-18(20)15-7-9-19-10-8-15/h1-10,13,18H,11-12H2. The Hall–Kier alpha value is -1.89. The molecule has 1 aliphatic heterocycles. The first-order valence-corrected chi connectivity index (χ1v) is 10.2. The average Bonchev–Trinajstić information content (AvgIpc) is 3.13. The number of hydrogen-bond donors (Lipinski definition) is 0. The van der Waals surface area contributed by atoms with E-state index < -0.39 is 10.0 Å². The van der Waals surface area contributed by atoms with Gasteiger partial charge in [0.05, 0.1) is 10.3 Å². The summed E-state index contributed by atoms with van der Waals surface area (Å²) >= 11 is 1.65. The van der Waals surface area contributed by atoms with Crippen molar-refractivity contribution in [2.45, 2.75) is 10.3 Å². The lowest BCUT2D eigenvalue weighted by Gasteiger charge is -2.23. The van der Waals surface area contributed by atoms with Gasteiger partial charge in [-0.2, -0.15) is 4.31 Å². The third-order valence-corrected chi connectivity index (χ3v) is 7.42. The fraction of sp³-hybridized carbons (Fsp3) is 0.167. The predicted molar refractivity (Wildman–Crippen MR) is 97.3 cm³/mol. The zero-order chi connectivity index (χ0) is 16.6. The number of hydrogen-bond acceptors (Lipinski definition) is 4. The quantitative estimate of drug-likeness (QED) is 0.718. The van der Waals surface area contributed by atoms with Gasteiger partial charge < -0.3 is 0 Å². The summed E-state index contributed by atoms with van der Waals surface area (Å²) in [5.74, 6) is 0.791. The normalized spacial score (nSPS) is 18.9. The third kappa shape index (κ3) is 2.70. The third-order valence-electron chi connectivity index (χ3n) is 4.17. The Kier molecular flexibility index (Phi) is 4.04. The Bertz CT molecular complexity index is 974. The minimum Gasteiger partial charge on any atom is -0.265 e. The summed E-state index contributed by atoms with van der Waals surface area (Å²) < 4.78 is 27.9. The van der Waals surface area contributed by atoms with Crippen LogP contribution in [0.15, 0.2) is 71.9 Å². The van der Waals surface area contributed by atoms with Crippen LogP contribution in [0.1, 0.15) is 10.9 Å². The molecule has 1 saturated heterocycles. The molecule has 2 aromatic carbocycles. The van der Waals surface area contributed by atoms with Crippen molar-refractivity contribution in [1.82, 2.24) is 9.29 Å². The molecule has 0 saturated carbocycles. The molecule has 0 aliphatic carbocycles. The number of benzene rings is 2. The SMILES string of the molecule is O=S(=O)(c1ccc2ccccc2c1)N1CCSC1c1ccncc1. The lowest BCUT2D eigenvalue weighted by molar-refractivity contribution is 0.434. The molecule has 3 aromatic rings. The van der Waals surface area contributed by atoms with E-state index in [1.54, 1.807) is 40.6 Å². The summed E-state index contributed by atoms with van der Waals surface area (Å²) in [5.41, 5.74) is 0.969. The summed E-state index contributed by atoms with van der Waals surface area (Å²) in [6.07, 6.45) is 3.41. The van der Waals surface area contributed by atoms with Crippen molar-refractivity contribution in [2.75, 3.05) is 12.3 Å². The first-order valence-electron chi connectivity index (χ1n) is 7.68. The molecule has 122 valence electrons. The lowest BCUT2D eigenvalue weighted by atomic mass is 10.1. The fourth-order valence-corrected chi connectivity index (χ4v) is 6.23. The minimum absolute atomic E-state index is 0.190. The fourth-order valence-electron chi connectivity index (χ4n) is 2.95. The molecule has 24 heavy (non-hydrogen) atoms. The highest BCUT2D eigenvalue weighted by atomic mass is 32.2. The lowest BCUT2D eigenvalue weighted by Crippen LogP contribution is -2.30. The Morgan fingerprint density at radius 1 is 1.00 bits per heavy atom. The van der Waals surface area contributed by atoms with E-state index >= 15 is 0 Å². The van der Waals surface area contributed by atoms with Crippen LogP contribution in [0.5, 0.6) is 0 Å². The highest BCUT2D eigenvalue weighted by Gasteiger charge is 2.36. The van der Waals surface area contributed by atoms with E-state index in [0.29, 0.717) is 11.4 Å². The molecule has 0 bridgehead atoms. The van der Waals surface area contributed by atoms with Gasteiger partial charge in [-0.15, -0.1) is 11.8 Å². The van der Waals surface area contributed by atoms with E-state index in [1.807, 2.05) is 42.5 Å². The number of nitrogens with zero attached hydrogens (tertiary/aromatic N) is 2. The first-order chi connectivity index (χ1) is 11.7. The molecule has 1 fully saturated rings. The largest absolute Gasteiger partial charge is 0.265 e. The number of thioether (sulfide) groups is 1. The van der Waals surface area contributed by atoms with E-state index in [4.69, 9.17) is 0 Å². The smallest absolute Gasteiger partial charge is 0.244 e. The molecule has 2 heterocycles. The van der Waals surface area contributed by atoms with Gasteiger partial charge in [0.2, 0.25) is 10.0 Å². The van der Waals surface area contributed by atoms with Crippen molar-refractivity contribution in [1.29, 1.82) is 0 Å². The van der Waals surface area contributed by atoms with E-state index in [1.165, 1.54) is 0 Å². The monoisotopic (exact) mass is 356 g/mol. The second-order valence-corrected chi connectivity index (χ2v) is 8.71. The minimum atomic E-state index is -3.54. The second kappa shape index (κ2) is 6.20. The molecule has 1 aromatic heterocycles. The predicted octanol–water partition coefficient (Wildman–Crippen LogP) is 3.67. The van der Waals surface area contributed by atoms with E-state index in [-0.39, 0.29) is 5.37 Å². The van der Waals surface area contributed by atoms with Crippen LogP contribution in [-0.2, 0) is 10.0 Å². The summed E-state index contributed by atoms with van der Waals surface area (Å²) in [4.78, 5) is 4.37. The van der Waals surface area contributed by atoms with Crippen LogP contribution < -0.4 is 0 Å². The molecular weight excluding hydrogens is 340 g/mol. The number of sulfonamides is 1. The van der Waals surface area contributed by atoms with Crippen molar-refractivity contribution in [3.8, 4) is 0 Å². The molecule has 0 amide bonds. The van der Waals surface area contributed by atoms with Gasteiger partial charge in [-0.25, -0.2) is 8.42 Å². The van der Waals surface area contributed by atoms with Gasteiger partial charge >= 0.3 is 0 Å². The van der Waals surface area contributed by atoms with Crippen molar-refractivity contribution < 1.29 is 8.42 Å². The highest BCUT2D eigenvalue weighted by Crippen LogP contribution is 2.41.